The van der Waals surface area contributed by atoms with E-state index in [-0.39, 0.29) is 46.9 Å². The van der Waals surface area contributed by atoms with Crippen molar-refractivity contribution in [2.24, 2.45) is 0 Å². The van der Waals surface area contributed by atoms with E-state index in [2.05, 4.69) is 26.7 Å². The summed E-state index contributed by atoms with van der Waals surface area (Å²) in [7, 11) is 0. The maximum Gasteiger partial charge on any atom is 0.292 e. The topological polar surface area (TPSA) is 146 Å². The zero-order valence-electron chi connectivity index (χ0n) is 22.0. The lowest BCUT2D eigenvalue weighted by atomic mass is 9.97. The van der Waals surface area contributed by atoms with Crippen LogP contribution in [0.4, 0.5) is 11.5 Å². The van der Waals surface area contributed by atoms with Crippen LogP contribution in [-0.4, -0.2) is 31.5 Å². The van der Waals surface area contributed by atoms with Crippen molar-refractivity contribution < 1.29 is 19.1 Å². The maximum atomic E-state index is 12.8. The van der Waals surface area contributed by atoms with Gasteiger partial charge < -0.3 is 24.7 Å². The molecular formula is C30H24Cl2N6O4. The standard InChI is InChI=1S/C30H23ClN6O4.ClH/c31-20-8-9-22(26(38)15-20)25-16-23(24(17-32)29(35-25)36-30(40)27-6-3-13-41-27)19-4-1-5-21(14-19)34-28(39)7-2-11-37-12-10-33-18-37;/h1,3-6,8-10,12-16,18,38H,2,7,11H2,(H,34,39)(H,35,36,40);1H. The van der Waals surface area contributed by atoms with E-state index in [0.717, 1.165) is 0 Å². The molecule has 0 aliphatic carbocycles. The van der Waals surface area contributed by atoms with Crippen LogP contribution in [0.2, 0.25) is 5.02 Å². The summed E-state index contributed by atoms with van der Waals surface area (Å²) in [6.07, 6.45) is 7.53. The number of halogens is 2. The monoisotopic (exact) mass is 602 g/mol. The van der Waals surface area contributed by atoms with Gasteiger partial charge in [0.25, 0.3) is 5.91 Å². The minimum absolute atomic E-state index is 0. The second-order valence-electron chi connectivity index (χ2n) is 9.02. The summed E-state index contributed by atoms with van der Waals surface area (Å²) in [6, 6.07) is 18.4. The first-order chi connectivity index (χ1) is 19.9. The van der Waals surface area contributed by atoms with Crippen LogP contribution in [0.15, 0.2) is 90.1 Å². The van der Waals surface area contributed by atoms with Crippen molar-refractivity contribution in [3.8, 4) is 34.2 Å². The van der Waals surface area contributed by atoms with Gasteiger partial charge in [-0.1, -0.05) is 23.7 Å². The van der Waals surface area contributed by atoms with Crippen molar-refractivity contribution in [3.05, 3.63) is 102 Å². The summed E-state index contributed by atoms with van der Waals surface area (Å²) in [5.74, 6) is -0.866. The minimum atomic E-state index is -0.598. The number of phenolic OH excluding ortho intramolecular Hbond substituents is 1. The van der Waals surface area contributed by atoms with Crippen molar-refractivity contribution in [1.82, 2.24) is 14.5 Å². The van der Waals surface area contributed by atoms with Crippen molar-refractivity contribution in [1.29, 1.82) is 5.26 Å². The second kappa shape index (κ2) is 13.5. The van der Waals surface area contributed by atoms with Gasteiger partial charge in [0.15, 0.2) is 11.6 Å². The van der Waals surface area contributed by atoms with Gasteiger partial charge in [-0.3, -0.25) is 9.59 Å². The molecule has 3 aromatic heterocycles. The lowest BCUT2D eigenvalue weighted by Crippen LogP contribution is -2.14. The Morgan fingerprint density at radius 2 is 1.93 bits per heavy atom. The normalized spacial score (nSPS) is 10.4. The smallest absolute Gasteiger partial charge is 0.292 e. The summed E-state index contributed by atoms with van der Waals surface area (Å²) in [6.45, 7) is 0.669. The molecule has 42 heavy (non-hydrogen) atoms. The molecule has 212 valence electrons. The molecule has 3 N–H and O–H groups in total. The van der Waals surface area contributed by atoms with E-state index in [0.29, 0.717) is 46.8 Å². The van der Waals surface area contributed by atoms with Crippen LogP contribution in [0.25, 0.3) is 22.4 Å². The van der Waals surface area contributed by atoms with E-state index in [1.165, 1.54) is 18.4 Å². The Bertz CT molecular complexity index is 1750. The van der Waals surface area contributed by atoms with E-state index < -0.39 is 5.91 Å². The van der Waals surface area contributed by atoms with Crippen LogP contribution in [0.3, 0.4) is 0 Å². The summed E-state index contributed by atoms with van der Waals surface area (Å²) < 4.78 is 7.08. The van der Waals surface area contributed by atoms with Crippen LogP contribution in [0, 0.1) is 11.3 Å². The molecule has 0 bridgehead atoms. The highest BCUT2D eigenvalue weighted by atomic mass is 35.5. The quantitative estimate of drug-likeness (QED) is 0.174. The molecule has 5 aromatic rings. The highest BCUT2D eigenvalue weighted by molar-refractivity contribution is 6.30. The Hall–Kier alpha value is -5.11. The van der Waals surface area contributed by atoms with Crippen LogP contribution in [-0.2, 0) is 11.3 Å². The average Bonchev–Trinajstić information content (AvgIpc) is 3.68. The Morgan fingerprint density at radius 3 is 2.64 bits per heavy atom. The minimum Gasteiger partial charge on any atom is -0.507 e. The molecule has 0 spiro atoms. The van der Waals surface area contributed by atoms with Gasteiger partial charge >= 0.3 is 0 Å². The van der Waals surface area contributed by atoms with Gasteiger partial charge in [0.05, 0.1) is 18.3 Å². The molecule has 12 heteroatoms. The largest absolute Gasteiger partial charge is 0.507 e. The fourth-order valence-corrected chi connectivity index (χ4v) is 4.41. The maximum absolute atomic E-state index is 12.8. The number of imidazole rings is 1. The zero-order chi connectivity index (χ0) is 28.8. The molecule has 0 unspecified atom stereocenters. The predicted octanol–water partition coefficient (Wildman–Crippen LogP) is 6.53. The summed E-state index contributed by atoms with van der Waals surface area (Å²) >= 11 is 6.02. The summed E-state index contributed by atoms with van der Waals surface area (Å²) in [5, 5.41) is 26.6. The Labute approximate surface area is 252 Å². The molecule has 10 nitrogen and oxygen atoms in total. The number of pyridine rings is 1. The first-order valence-corrected chi connectivity index (χ1v) is 12.9. The van der Waals surface area contributed by atoms with Crippen molar-refractivity contribution in [3.63, 3.8) is 0 Å². The van der Waals surface area contributed by atoms with E-state index in [1.54, 1.807) is 61.1 Å². The number of phenols is 1. The number of benzene rings is 2. The number of rotatable bonds is 9. The number of anilines is 2. The summed E-state index contributed by atoms with van der Waals surface area (Å²) in [5.41, 5.74) is 2.27. The number of nitriles is 1. The van der Waals surface area contributed by atoms with E-state index in [9.17, 15) is 20.0 Å². The van der Waals surface area contributed by atoms with Gasteiger partial charge in [0.1, 0.15) is 17.4 Å². The number of hydrogen-bond donors (Lipinski definition) is 3. The van der Waals surface area contributed by atoms with Gasteiger partial charge in [-0.25, -0.2) is 9.97 Å². The number of furan rings is 1. The molecule has 0 saturated carbocycles. The number of amides is 2. The van der Waals surface area contributed by atoms with Crippen LogP contribution < -0.4 is 10.6 Å². The average molecular weight is 603 g/mol. The Morgan fingerprint density at radius 1 is 1.07 bits per heavy atom. The fraction of sp³-hybridized carbons (Fsp3) is 0.100. The molecular weight excluding hydrogens is 579 g/mol. The van der Waals surface area contributed by atoms with E-state index in [1.807, 2.05) is 10.8 Å². The molecule has 0 saturated heterocycles. The highest BCUT2D eigenvalue weighted by Crippen LogP contribution is 2.37. The fourth-order valence-electron chi connectivity index (χ4n) is 4.24. The molecule has 3 heterocycles. The SMILES string of the molecule is Cl.N#Cc1c(-c2cccc(NC(=O)CCCn3ccnc3)c2)cc(-c2ccc(Cl)cc2O)nc1NC(=O)c1ccco1. The lowest BCUT2D eigenvalue weighted by Gasteiger charge is -2.15. The summed E-state index contributed by atoms with van der Waals surface area (Å²) in [4.78, 5) is 33.9. The Kier molecular flexibility index (Phi) is 9.60. The van der Waals surface area contributed by atoms with Gasteiger partial charge in [-0.05, 0) is 60.5 Å². The van der Waals surface area contributed by atoms with Crippen LogP contribution >= 0.6 is 24.0 Å². The van der Waals surface area contributed by atoms with Crippen LogP contribution in [0.1, 0.15) is 29.0 Å². The second-order valence-corrected chi connectivity index (χ2v) is 9.45. The van der Waals surface area contributed by atoms with Gasteiger partial charge in [0, 0.05) is 47.2 Å². The third-order valence-corrected chi connectivity index (χ3v) is 6.42. The third kappa shape index (κ3) is 6.96. The van der Waals surface area contributed by atoms with Crippen molar-refractivity contribution in [2.75, 3.05) is 10.6 Å². The predicted molar refractivity (Wildman–Crippen MR) is 160 cm³/mol. The number of hydrogen-bond acceptors (Lipinski definition) is 7. The molecule has 0 aliphatic heterocycles. The van der Waals surface area contributed by atoms with Crippen molar-refractivity contribution in [2.45, 2.75) is 19.4 Å². The lowest BCUT2D eigenvalue weighted by molar-refractivity contribution is -0.116. The van der Waals surface area contributed by atoms with Crippen molar-refractivity contribution >= 4 is 47.3 Å². The zero-order valence-corrected chi connectivity index (χ0v) is 23.5. The molecule has 5 rings (SSSR count). The number of carbonyl (C=O) groups excluding carboxylic acids is 2. The Balaban J connectivity index is 0.00000405. The van der Waals surface area contributed by atoms with Gasteiger partial charge in [-0.15, -0.1) is 12.4 Å². The van der Waals surface area contributed by atoms with Gasteiger partial charge in [-0.2, -0.15) is 5.26 Å². The molecule has 2 amide bonds. The number of aromatic nitrogens is 3. The van der Waals surface area contributed by atoms with E-state index >= 15 is 0 Å². The first-order valence-electron chi connectivity index (χ1n) is 12.6. The highest BCUT2D eigenvalue weighted by Gasteiger charge is 2.20. The molecule has 0 atom stereocenters. The first kappa shape index (κ1) is 29.9. The number of carbonyl (C=O) groups is 2. The molecule has 0 fully saturated rings. The number of nitrogens with one attached hydrogen (secondary N) is 2. The third-order valence-electron chi connectivity index (χ3n) is 6.18. The number of aryl methyl sites for hydroxylation is 1. The molecule has 0 radical (unpaired) electrons. The van der Waals surface area contributed by atoms with Crippen LogP contribution in [0.5, 0.6) is 5.75 Å². The number of aromatic hydroxyl groups is 1. The number of nitrogens with zero attached hydrogens (tertiary/aromatic N) is 4. The van der Waals surface area contributed by atoms with E-state index in [4.69, 9.17) is 16.0 Å². The molecule has 0 aliphatic rings. The van der Waals surface area contributed by atoms with Gasteiger partial charge in [0.2, 0.25) is 5.91 Å². The molecule has 2 aromatic carbocycles.